The van der Waals surface area contributed by atoms with Gasteiger partial charge in [0.1, 0.15) is 11.3 Å². The predicted molar refractivity (Wildman–Crippen MR) is 69.8 cm³/mol. The SMILES string of the molecule is COc1ccc(N)c(-n2nnc3ccccc32)c1. The van der Waals surface area contributed by atoms with E-state index in [0.717, 1.165) is 22.5 Å². The van der Waals surface area contributed by atoms with Crippen LogP contribution in [0.25, 0.3) is 16.7 Å². The van der Waals surface area contributed by atoms with Crippen LogP contribution in [0.1, 0.15) is 0 Å². The summed E-state index contributed by atoms with van der Waals surface area (Å²) in [7, 11) is 1.62. The molecule has 0 spiro atoms. The quantitative estimate of drug-likeness (QED) is 0.696. The number of ether oxygens (including phenoxy) is 1. The zero-order valence-electron chi connectivity index (χ0n) is 9.87. The minimum Gasteiger partial charge on any atom is -0.497 e. The second-order valence-electron chi connectivity index (χ2n) is 3.91. The van der Waals surface area contributed by atoms with Crippen molar-refractivity contribution in [3.05, 3.63) is 42.5 Å². The first kappa shape index (κ1) is 10.6. The Bertz CT molecular complexity index is 705. The zero-order chi connectivity index (χ0) is 12.5. The first-order chi connectivity index (χ1) is 8.79. The standard InChI is InChI=1S/C13H12N4O/c1-18-9-6-7-10(14)13(8-9)17-12-5-3-2-4-11(12)15-16-17/h2-8H,14H2,1H3. The first-order valence-corrected chi connectivity index (χ1v) is 5.54. The van der Waals surface area contributed by atoms with Crippen molar-refractivity contribution < 1.29 is 4.74 Å². The summed E-state index contributed by atoms with van der Waals surface area (Å²) >= 11 is 0. The van der Waals surface area contributed by atoms with E-state index in [1.54, 1.807) is 17.9 Å². The van der Waals surface area contributed by atoms with Crippen molar-refractivity contribution in [3.8, 4) is 11.4 Å². The van der Waals surface area contributed by atoms with Crippen molar-refractivity contribution in [3.63, 3.8) is 0 Å². The maximum Gasteiger partial charge on any atom is 0.121 e. The summed E-state index contributed by atoms with van der Waals surface area (Å²) in [6.07, 6.45) is 0. The Morgan fingerprint density at radius 1 is 1.17 bits per heavy atom. The van der Waals surface area contributed by atoms with Crippen molar-refractivity contribution >= 4 is 16.7 Å². The lowest BCUT2D eigenvalue weighted by Crippen LogP contribution is -2.02. The van der Waals surface area contributed by atoms with Gasteiger partial charge in [-0.1, -0.05) is 17.3 Å². The number of nitrogen functional groups attached to an aromatic ring is 1. The molecule has 3 aromatic rings. The summed E-state index contributed by atoms with van der Waals surface area (Å²) in [6, 6.07) is 13.2. The van der Waals surface area contributed by atoms with E-state index < -0.39 is 0 Å². The Hall–Kier alpha value is -2.56. The molecule has 0 aliphatic heterocycles. The summed E-state index contributed by atoms with van der Waals surface area (Å²) in [4.78, 5) is 0. The van der Waals surface area contributed by atoms with Gasteiger partial charge in [0.25, 0.3) is 0 Å². The lowest BCUT2D eigenvalue weighted by Gasteiger charge is -2.08. The Balaban J connectivity index is 2.25. The minimum atomic E-state index is 0.631. The van der Waals surface area contributed by atoms with Gasteiger partial charge in [-0.3, -0.25) is 0 Å². The van der Waals surface area contributed by atoms with E-state index in [1.807, 2.05) is 36.4 Å². The molecule has 0 saturated carbocycles. The first-order valence-electron chi connectivity index (χ1n) is 5.54. The van der Waals surface area contributed by atoms with Gasteiger partial charge in [-0.05, 0) is 24.3 Å². The molecule has 0 unspecified atom stereocenters. The lowest BCUT2D eigenvalue weighted by molar-refractivity contribution is 0.414. The van der Waals surface area contributed by atoms with Crippen LogP contribution in [0, 0.1) is 0 Å². The van der Waals surface area contributed by atoms with E-state index in [9.17, 15) is 0 Å². The summed E-state index contributed by atoms with van der Waals surface area (Å²) < 4.78 is 6.92. The van der Waals surface area contributed by atoms with E-state index in [2.05, 4.69) is 10.3 Å². The van der Waals surface area contributed by atoms with E-state index in [1.165, 1.54) is 0 Å². The number of benzene rings is 2. The molecule has 18 heavy (non-hydrogen) atoms. The highest BCUT2D eigenvalue weighted by Gasteiger charge is 2.09. The molecule has 2 aromatic carbocycles. The average molecular weight is 240 g/mol. The fourth-order valence-corrected chi connectivity index (χ4v) is 1.88. The number of nitrogens with two attached hydrogens (primary N) is 1. The van der Waals surface area contributed by atoms with Gasteiger partial charge in [-0.15, -0.1) is 5.10 Å². The molecule has 0 bridgehead atoms. The van der Waals surface area contributed by atoms with Gasteiger partial charge >= 0.3 is 0 Å². The van der Waals surface area contributed by atoms with E-state index in [4.69, 9.17) is 10.5 Å². The Morgan fingerprint density at radius 3 is 2.83 bits per heavy atom. The number of aromatic nitrogens is 3. The summed E-state index contributed by atoms with van der Waals surface area (Å²) in [5.74, 6) is 0.735. The van der Waals surface area contributed by atoms with E-state index >= 15 is 0 Å². The number of hydrogen-bond acceptors (Lipinski definition) is 4. The lowest BCUT2D eigenvalue weighted by atomic mass is 10.2. The minimum absolute atomic E-state index is 0.631. The molecule has 0 aliphatic rings. The molecule has 5 nitrogen and oxygen atoms in total. The number of methoxy groups -OCH3 is 1. The van der Waals surface area contributed by atoms with Crippen LogP contribution in [0.15, 0.2) is 42.5 Å². The molecule has 0 fully saturated rings. The normalized spacial score (nSPS) is 10.7. The van der Waals surface area contributed by atoms with Gasteiger partial charge in [-0.2, -0.15) is 0 Å². The average Bonchev–Trinajstić information content (AvgIpc) is 2.83. The molecule has 0 radical (unpaired) electrons. The van der Waals surface area contributed by atoms with E-state index in [-0.39, 0.29) is 0 Å². The zero-order valence-corrected chi connectivity index (χ0v) is 9.87. The van der Waals surface area contributed by atoms with Crippen molar-refractivity contribution in [1.82, 2.24) is 15.0 Å². The van der Waals surface area contributed by atoms with Crippen molar-refractivity contribution in [2.24, 2.45) is 0 Å². The molecule has 3 rings (SSSR count). The topological polar surface area (TPSA) is 66.0 Å². The molecule has 1 heterocycles. The maximum absolute atomic E-state index is 5.98. The van der Waals surface area contributed by atoms with Crippen molar-refractivity contribution in [1.29, 1.82) is 0 Å². The molecule has 2 N–H and O–H groups in total. The highest BCUT2D eigenvalue weighted by molar-refractivity contribution is 5.77. The molecular weight excluding hydrogens is 228 g/mol. The molecule has 0 atom stereocenters. The Morgan fingerprint density at radius 2 is 2.00 bits per heavy atom. The van der Waals surface area contributed by atoms with E-state index in [0.29, 0.717) is 5.69 Å². The third-order valence-electron chi connectivity index (χ3n) is 2.82. The van der Waals surface area contributed by atoms with Gasteiger partial charge in [0, 0.05) is 6.07 Å². The van der Waals surface area contributed by atoms with Crippen molar-refractivity contribution in [2.75, 3.05) is 12.8 Å². The molecular formula is C13H12N4O. The summed E-state index contributed by atoms with van der Waals surface area (Å²) in [6.45, 7) is 0. The molecule has 0 amide bonds. The van der Waals surface area contributed by atoms with Crippen LogP contribution >= 0.6 is 0 Å². The summed E-state index contributed by atoms with van der Waals surface area (Å²) in [5.41, 5.74) is 9.13. The third-order valence-corrected chi connectivity index (χ3v) is 2.82. The van der Waals surface area contributed by atoms with Crippen LogP contribution in [0.5, 0.6) is 5.75 Å². The highest BCUT2D eigenvalue weighted by Crippen LogP contribution is 2.25. The van der Waals surface area contributed by atoms with Crippen LogP contribution in [0.3, 0.4) is 0 Å². The van der Waals surface area contributed by atoms with Crippen molar-refractivity contribution in [2.45, 2.75) is 0 Å². The largest absolute Gasteiger partial charge is 0.497 e. The van der Waals surface area contributed by atoms with Gasteiger partial charge in [0.2, 0.25) is 0 Å². The van der Waals surface area contributed by atoms with Gasteiger partial charge in [-0.25, -0.2) is 4.68 Å². The second kappa shape index (κ2) is 4.03. The van der Waals surface area contributed by atoms with Gasteiger partial charge < -0.3 is 10.5 Å². The van der Waals surface area contributed by atoms with Gasteiger partial charge in [0.15, 0.2) is 0 Å². The molecule has 1 aromatic heterocycles. The highest BCUT2D eigenvalue weighted by atomic mass is 16.5. The van der Waals surface area contributed by atoms with Crippen LogP contribution < -0.4 is 10.5 Å². The number of fused-ring (bicyclic) bond motifs is 1. The second-order valence-corrected chi connectivity index (χ2v) is 3.91. The number of para-hydroxylation sites is 1. The Kier molecular flexibility index (Phi) is 2.37. The number of rotatable bonds is 2. The third kappa shape index (κ3) is 1.57. The van der Waals surface area contributed by atoms with Crippen LogP contribution in [0.4, 0.5) is 5.69 Å². The maximum atomic E-state index is 5.98. The molecule has 0 aliphatic carbocycles. The Labute approximate surface area is 104 Å². The fraction of sp³-hybridized carbons (Fsp3) is 0.0769. The molecule has 5 heteroatoms. The number of hydrogen-bond donors (Lipinski definition) is 1. The van der Waals surface area contributed by atoms with Gasteiger partial charge in [0.05, 0.1) is 24.0 Å². The van der Waals surface area contributed by atoms with Crippen LogP contribution in [-0.2, 0) is 0 Å². The van der Waals surface area contributed by atoms with Crippen LogP contribution in [-0.4, -0.2) is 22.1 Å². The molecule has 90 valence electrons. The number of nitrogens with zero attached hydrogens (tertiary/aromatic N) is 3. The smallest absolute Gasteiger partial charge is 0.121 e. The fourth-order valence-electron chi connectivity index (χ4n) is 1.88. The molecule has 0 saturated heterocycles. The monoisotopic (exact) mass is 240 g/mol. The van der Waals surface area contributed by atoms with Crippen LogP contribution in [0.2, 0.25) is 0 Å². The predicted octanol–water partition coefficient (Wildman–Crippen LogP) is 2.01. The summed E-state index contributed by atoms with van der Waals surface area (Å²) in [5, 5.41) is 8.24. The number of anilines is 1.